The number of amides is 1. The molecular formula is C21H18N4O2S. The normalized spacial score (nSPS) is 10.6. The van der Waals surface area contributed by atoms with Crippen molar-refractivity contribution in [1.82, 2.24) is 9.97 Å². The summed E-state index contributed by atoms with van der Waals surface area (Å²) in [6.07, 6.45) is 0. The zero-order valence-corrected chi connectivity index (χ0v) is 16.2. The van der Waals surface area contributed by atoms with Gasteiger partial charge in [-0.2, -0.15) is 0 Å². The number of anilines is 3. The van der Waals surface area contributed by atoms with Crippen molar-refractivity contribution in [3.63, 3.8) is 0 Å². The summed E-state index contributed by atoms with van der Waals surface area (Å²) in [4.78, 5) is 21.8. The summed E-state index contributed by atoms with van der Waals surface area (Å²) >= 11 is 1.60. The van der Waals surface area contributed by atoms with Gasteiger partial charge in [0, 0.05) is 24.1 Å². The molecule has 2 heterocycles. The van der Waals surface area contributed by atoms with Crippen LogP contribution < -0.4 is 15.4 Å². The number of ether oxygens (including phenoxy) is 1. The largest absolute Gasteiger partial charge is 0.494 e. The van der Waals surface area contributed by atoms with Crippen LogP contribution in [0.1, 0.15) is 6.92 Å². The number of rotatable bonds is 5. The molecule has 0 atom stereocenters. The Bertz CT molecular complexity index is 1140. The lowest BCUT2D eigenvalue weighted by atomic mass is 10.2. The Morgan fingerprint density at radius 2 is 1.93 bits per heavy atom. The topological polar surface area (TPSA) is 76.1 Å². The predicted molar refractivity (Wildman–Crippen MR) is 113 cm³/mol. The van der Waals surface area contributed by atoms with Gasteiger partial charge in [0.25, 0.3) is 0 Å². The highest BCUT2D eigenvalue weighted by molar-refractivity contribution is 7.13. The Labute approximate surface area is 166 Å². The molecule has 7 heteroatoms. The highest BCUT2D eigenvalue weighted by Gasteiger charge is 2.12. The Balaban J connectivity index is 1.76. The standard InChI is InChI=1S/C21H18N4O2S/c1-13(26)22-17-10-9-14(12-18(17)27-2)23-20-15-6-3-4-7-16(15)24-21(25-20)19-8-5-11-28-19/h3-12H,1-2H3,(H,22,26)(H,23,24,25). The number of nitrogens with one attached hydrogen (secondary N) is 2. The van der Waals surface area contributed by atoms with E-state index in [0.717, 1.165) is 21.5 Å². The maximum atomic E-state index is 11.4. The Morgan fingerprint density at radius 1 is 1.07 bits per heavy atom. The molecule has 0 aliphatic heterocycles. The Hall–Kier alpha value is -3.45. The highest BCUT2D eigenvalue weighted by Crippen LogP contribution is 2.32. The van der Waals surface area contributed by atoms with Crippen molar-refractivity contribution in [1.29, 1.82) is 0 Å². The summed E-state index contributed by atoms with van der Waals surface area (Å²) in [6.45, 7) is 1.46. The maximum Gasteiger partial charge on any atom is 0.221 e. The lowest BCUT2D eigenvalue weighted by molar-refractivity contribution is -0.114. The fourth-order valence-electron chi connectivity index (χ4n) is 2.89. The number of hydrogen-bond acceptors (Lipinski definition) is 6. The molecule has 2 N–H and O–H groups in total. The maximum absolute atomic E-state index is 11.4. The van der Waals surface area contributed by atoms with Crippen LogP contribution in [-0.2, 0) is 4.79 Å². The highest BCUT2D eigenvalue weighted by atomic mass is 32.1. The fourth-order valence-corrected chi connectivity index (χ4v) is 3.54. The average molecular weight is 390 g/mol. The van der Waals surface area contributed by atoms with E-state index in [1.807, 2.05) is 53.9 Å². The second-order valence-electron chi connectivity index (χ2n) is 6.11. The third kappa shape index (κ3) is 3.65. The molecule has 0 saturated heterocycles. The van der Waals surface area contributed by atoms with Crippen LogP contribution in [0.5, 0.6) is 5.75 Å². The third-order valence-electron chi connectivity index (χ3n) is 4.12. The summed E-state index contributed by atoms with van der Waals surface area (Å²) in [5.74, 6) is 1.81. The van der Waals surface area contributed by atoms with Crippen LogP contribution in [0.4, 0.5) is 17.2 Å². The van der Waals surface area contributed by atoms with Gasteiger partial charge in [0.05, 0.1) is 23.2 Å². The summed E-state index contributed by atoms with van der Waals surface area (Å²) in [5, 5.41) is 9.05. The summed E-state index contributed by atoms with van der Waals surface area (Å²) in [5.41, 5.74) is 2.28. The minimum absolute atomic E-state index is 0.151. The molecule has 1 amide bonds. The number of fused-ring (bicyclic) bond motifs is 1. The van der Waals surface area contributed by atoms with Crippen LogP contribution in [0.15, 0.2) is 60.0 Å². The second kappa shape index (κ2) is 7.66. The molecular weight excluding hydrogens is 372 g/mol. The number of methoxy groups -OCH3 is 1. The van der Waals surface area contributed by atoms with Crippen molar-refractivity contribution in [2.75, 3.05) is 17.7 Å². The van der Waals surface area contributed by atoms with E-state index in [1.54, 1.807) is 24.5 Å². The molecule has 140 valence electrons. The van der Waals surface area contributed by atoms with Crippen LogP contribution in [0.3, 0.4) is 0 Å². The number of thiophene rings is 1. The van der Waals surface area contributed by atoms with Crippen molar-refractivity contribution in [2.45, 2.75) is 6.92 Å². The SMILES string of the molecule is COc1cc(Nc2nc(-c3cccs3)nc3ccccc23)ccc1NC(C)=O. The number of hydrogen-bond donors (Lipinski definition) is 2. The number of nitrogens with zero attached hydrogens (tertiary/aromatic N) is 2. The van der Waals surface area contributed by atoms with Gasteiger partial charge < -0.3 is 15.4 Å². The van der Waals surface area contributed by atoms with Gasteiger partial charge in [-0.05, 0) is 35.7 Å². The number of carbonyl (C=O) groups excluding carboxylic acids is 1. The Morgan fingerprint density at radius 3 is 2.68 bits per heavy atom. The van der Waals surface area contributed by atoms with Crippen molar-refractivity contribution >= 4 is 45.3 Å². The zero-order valence-electron chi connectivity index (χ0n) is 15.4. The van der Waals surface area contributed by atoms with E-state index in [0.29, 0.717) is 23.1 Å². The van der Waals surface area contributed by atoms with Crippen molar-refractivity contribution in [3.05, 3.63) is 60.0 Å². The van der Waals surface area contributed by atoms with Crippen molar-refractivity contribution in [2.24, 2.45) is 0 Å². The summed E-state index contributed by atoms with van der Waals surface area (Å²) in [7, 11) is 1.57. The number of aromatic nitrogens is 2. The van der Waals surface area contributed by atoms with Crippen molar-refractivity contribution in [3.8, 4) is 16.5 Å². The molecule has 6 nitrogen and oxygen atoms in total. The van der Waals surface area contributed by atoms with Gasteiger partial charge in [-0.3, -0.25) is 4.79 Å². The molecule has 28 heavy (non-hydrogen) atoms. The van der Waals surface area contributed by atoms with Crippen LogP contribution in [-0.4, -0.2) is 23.0 Å². The molecule has 0 aliphatic carbocycles. The molecule has 4 aromatic rings. The molecule has 0 spiro atoms. The average Bonchev–Trinajstić information content (AvgIpc) is 3.23. The molecule has 0 saturated carbocycles. The lowest BCUT2D eigenvalue weighted by Gasteiger charge is -2.13. The van der Waals surface area contributed by atoms with Gasteiger partial charge in [-0.25, -0.2) is 9.97 Å². The fraction of sp³-hybridized carbons (Fsp3) is 0.0952. The summed E-state index contributed by atoms with van der Waals surface area (Å²) < 4.78 is 5.41. The van der Waals surface area contributed by atoms with Gasteiger partial charge in [0.1, 0.15) is 11.6 Å². The van der Waals surface area contributed by atoms with E-state index in [9.17, 15) is 4.79 Å². The van der Waals surface area contributed by atoms with Gasteiger partial charge >= 0.3 is 0 Å². The third-order valence-corrected chi connectivity index (χ3v) is 4.99. The van der Waals surface area contributed by atoms with Gasteiger partial charge in [-0.15, -0.1) is 11.3 Å². The minimum atomic E-state index is -0.151. The lowest BCUT2D eigenvalue weighted by Crippen LogP contribution is -2.07. The smallest absolute Gasteiger partial charge is 0.221 e. The first-order valence-electron chi connectivity index (χ1n) is 8.67. The molecule has 2 aromatic carbocycles. The molecule has 2 aromatic heterocycles. The van der Waals surface area contributed by atoms with Crippen LogP contribution in [0.2, 0.25) is 0 Å². The quantitative estimate of drug-likeness (QED) is 0.498. The molecule has 0 unspecified atom stereocenters. The van der Waals surface area contributed by atoms with Crippen LogP contribution in [0.25, 0.3) is 21.6 Å². The van der Waals surface area contributed by atoms with E-state index in [2.05, 4.69) is 15.6 Å². The van der Waals surface area contributed by atoms with Gasteiger partial charge in [0.15, 0.2) is 5.82 Å². The zero-order chi connectivity index (χ0) is 19.5. The first kappa shape index (κ1) is 17.9. The Kier molecular flexibility index (Phi) is 4.90. The van der Waals surface area contributed by atoms with E-state index in [4.69, 9.17) is 9.72 Å². The van der Waals surface area contributed by atoms with Crippen molar-refractivity contribution < 1.29 is 9.53 Å². The molecule has 0 bridgehead atoms. The minimum Gasteiger partial charge on any atom is -0.494 e. The number of para-hydroxylation sites is 1. The van der Waals surface area contributed by atoms with Crippen LogP contribution in [0, 0.1) is 0 Å². The first-order valence-corrected chi connectivity index (χ1v) is 9.55. The van der Waals surface area contributed by atoms with Gasteiger partial charge in [-0.1, -0.05) is 18.2 Å². The molecule has 0 aliphatic rings. The van der Waals surface area contributed by atoms with E-state index in [-0.39, 0.29) is 5.91 Å². The van der Waals surface area contributed by atoms with Gasteiger partial charge in [0.2, 0.25) is 5.91 Å². The number of carbonyl (C=O) groups is 1. The van der Waals surface area contributed by atoms with E-state index >= 15 is 0 Å². The van der Waals surface area contributed by atoms with Crippen LogP contribution >= 0.6 is 11.3 Å². The molecule has 0 radical (unpaired) electrons. The van der Waals surface area contributed by atoms with E-state index in [1.165, 1.54) is 6.92 Å². The van der Waals surface area contributed by atoms with E-state index < -0.39 is 0 Å². The molecule has 4 rings (SSSR count). The summed E-state index contributed by atoms with van der Waals surface area (Å²) in [6, 6.07) is 17.4. The second-order valence-corrected chi connectivity index (χ2v) is 7.06. The predicted octanol–water partition coefficient (Wildman–Crippen LogP) is 5.07. The number of benzene rings is 2. The monoisotopic (exact) mass is 390 g/mol. The first-order chi connectivity index (χ1) is 13.6. The molecule has 0 fully saturated rings.